The molecule has 0 spiro atoms. The zero-order valence-corrected chi connectivity index (χ0v) is 11.5. The molecule has 0 bridgehead atoms. The molecule has 0 fully saturated rings. The first-order valence-corrected chi connectivity index (χ1v) is 6.46. The van der Waals surface area contributed by atoms with Gasteiger partial charge in [0.1, 0.15) is 5.56 Å². The summed E-state index contributed by atoms with van der Waals surface area (Å²) in [6.45, 7) is 2.01. The summed E-state index contributed by atoms with van der Waals surface area (Å²) in [6, 6.07) is 7.12. The molecule has 0 aromatic carbocycles. The van der Waals surface area contributed by atoms with Gasteiger partial charge in [-0.15, -0.1) is 0 Å². The van der Waals surface area contributed by atoms with Crippen molar-refractivity contribution >= 4 is 5.91 Å². The molecule has 2 rings (SSSR count). The Morgan fingerprint density at radius 1 is 1.35 bits per heavy atom. The van der Waals surface area contributed by atoms with Crippen LogP contribution >= 0.6 is 0 Å². The third-order valence-electron chi connectivity index (χ3n) is 3.01. The number of pyridine rings is 2. The van der Waals surface area contributed by atoms with Crippen molar-refractivity contribution in [3.8, 4) is 5.88 Å². The van der Waals surface area contributed by atoms with Crippen molar-refractivity contribution in [2.75, 3.05) is 7.11 Å². The molecule has 0 saturated heterocycles. The van der Waals surface area contributed by atoms with E-state index in [9.17, 15) is 4.79 Å². The van der Waals surface area contributed by atoms with E-state index in [0.717, 1.165) is 12.0 Å². The molecular weight excluding hydrogens is 254 g/mol. The molecule has 0 aliphatic heterocycles. The van der Waals surface area contributed by atoms with Crippen molar-refractivity contribution in [3.63, 3.8) is 0 Å². The normalized spacial score (nSPS) is 11.7. The molecule has 2 heterocycles. The fraction of sp³-hybridized carbons (Fsp3) is 0.267. The van der Waals surface area contributed by atoms with Gasteiger partial charge in [0.2, 0.25) is 5.88 Å². The summed E-state index contributed by atoms with van der Waals surface area (Å²) >= 11 is 0. The number of amides is 1. The lowest BCUT2D eigenvalue weighted by Crippen LogP contribution is -2.28. The standard InChI is InChI=1S/C15H17N3O2/c1-3-13(11-6-4-8-16-10-11)18-14(19)12-7-5-9-17-15(12)20-2/h4-10,13H,3H2,1-2H3,(H,18,19)/t13-/m0/s1. The maximum Gasteiger partial charge on any atom is 0.257 e. The van der Waals surface area contributed by atoms with Gasteiger partial charge in [0.15, 0.2) is 0 Å². The number of carbonyl (C=O) groups excluding carboxylic acids is 1. The molecule has 2 aromatic heterocycles. The highest BCUT2D eigenvalue weighted by molar-refractivity contribution is 5.96. The van der Waals surface area contributed by atoms with E-state index in [2.05, 4.69) is 15.3 Å². The SMILES string of the molecule is CC[C@H](NC(=O)c1cccnc1OC)c1cccnc1. The van der Waals surface area contributed by atoms with Crippen molar-refractivity contribution in [3.05, 3.63) is 54.0 Å². The fourth-order valence-electron chi connectivity index (χ4n) is 1.97. The van der Waals surface area contributed by atoms with E-state index in [1.54, 1.807) is 30.7 Å². The van der Waals surface area contributed by atoms with Crippen LogP contribution < -0.4 is 10.1 Å². The second-order valence-corrected chi connectivity index (χ2v) is 4.28. The molecule has 5 heteroatoms. The zero-order chi connectivity index (χ0) is 14.4. The summed E-state index contributed by atoms with van der Waals surface area (Å²) in [4.78, 5) is 20.4. The Kier molecular flexibility index (Phi) is 4.65. The molecule has 5 nitrogen and oxygen atoms in total. The van der Waals surface area contributed by atoms with E-state index >= 15 is 0 Å². The summed E-state index contributed by atoms with van der Waals surface area (Å²) in [7, 11) is 1.50. The molecule has 0 aliphatic carbocycles. The minimum Gasteiger partial charge on any atom is -0.480 e. The smallest absolute Gasteiger partial charge is 0.257 e. The first kappa shape index (κ1) is 14.0. The van der Waals surface area contributed by atoms with Crippen molar-refractivity contribution in [2.24, 2.45) is 0 Å². The van der Waals surface area contributed by atoms with Gasteiger partial charge >= 0.3 is 0 Å². The maximum atomic E-state index is 12.3. The number of hydrogen-bond donors (Lipinski definition) is 1. The lowest BCUT2D eigenvalue weighted by Gasteiger charge is -2.17. The Hall–Kier alpha value is -2.43. The van der Waals surface area contributed by atoms with Crippen LogP contribution in [0.3, 0.4) is 0 Å². The number of methoxy groups -OCH3 is 1. The van der Waals surface area contributed by atoms with Gasteiger partial charge in [-0.2, -0.15) is 0 Å². The molecule has 0 unspecified atom stereocenters. The Morgan fingerprint density at radius 2 is 2.15 bits per heavy atom. The van der Waals surface area contributed by atoms with Gasteiger partial charge in [-0.05, 0) is 30.2 Å². The highest BCUT2D eigenvalue weighted by atomic mass is 16.5. The maximum absolute atomic E-state index is 12.3. The number of nitrogens with one attached hydrogen (secondary N) is 1. The van der Waals surface area contributed by atoms with Crippen LogP contribution in [-0.2, 0) is 0 Å². The van der Waals surface area contributed by atoms with Crippen molar-refractivity contribution < 1.29 is 9.53 Å². The summed E-state index contributed by atoms with van der Waals surface area (Å²) < 4.78 is 5.10. The van der Waals surface area contributed by atoms with E-state index in [4.69, 9.17) is 4.74 Å². The fourth-order valence-corrected chi connectivity index (χ4v) is 1.97. The van der Waals surface area contributed by atoms with Crippen molar-refractivity contribution in [2.45, 2.75) is 19.4 Å². The van der Waals surface area contributed by atoms with Gasteiger partial charge in [0.05, 0.1) is 13.2 Å². The van der Waals surface area contributed by atoms with Crippen LogP contribution in [-0.4, -0.2) is 23.0 Å². The Balaban J connectivity index is 2.18. The van der Waals surface area contributed by atoms with Crippen LogP contribution in [0.5, 0.6) is 5.88 Å². The molecular formula is C15H17N3O2. The number of nitrogens with zero attached hydrogens (tertiary/aromatic N) is 2. The summed E-state index contributed by atoms with van der Waals surface area (Å²) in [5.41, 5.74) is 1.41. The monoisotopic (exact) mass is 271 g/mol. The second-order valence-electron chi connectivity index (χ2n) is 4.28. The molecule has 1 N–H and O–H groups in total. The van der Waals surface area contributed by atoms with Gasteiger partial charge in [0, 0.05) is 18.6 Å². The molecule has 0 radical (unpaired) electrons. The number of aromatic nitrogens is 2. The first-order chi connectivity index (χ1) is 9.76. The predicted octanol–water partition coefficient (Wildman–Crippen LogP) is 2.37. The lowest BCUT2D eigenvalue weighted by atomic mass is 10.1. The minimum absolute atomic E-state index is 0.0823. The highest BCUT2D eigenvalue weighted by Gasteiger charge is 2.17. The van der Waals surface area contributed by atoms with Crippen LogP contribution in [0, 0.1) is 0 Å². The number of ether oxygens (including phenoxy) is 1. The first-order valence-electron chi connectivity index (χ1n) is 6.46. The molecule has 104 valence electrons. The number of rotatable bonds is 5. The van der Waals surface area contributed by atoms with Crippen molar-refractivity contribution in [1.29, 1.82) is 0 Å². The predicted molar refractivity (Wildman–Crippen MR) is 75.5 cm³/mol. The average Bonchev–Trinajstić information content (AvgIpc) is 2.53. The molecule has 1 atom stereocenters. The Bertz CT molecular complexity index is 572. The van der Waals surface area contributed by atoms with Gasteiger partial charge in [0.25, 0.3) is 5.91 Å². The van der Waals surface area contributed by atoms with Crippen LogP contribution in [0.4, 0.5) is 0 Å². The van der Waals surface area contributed by atoms with Gasteiger partial charge in [-0.1, -0.05) is 13.0 Å². The molecule has 20 heavy (non-hydrogen) atoms. The Morgan fingerprint density at radius 3 is 2.80 bits per heavy atom. The van der Waals surface area contributed by atoms with E-state index < -0.39 is 0 Å². The van der Waals surface area contributed by atoms with Crippen LogP contribution in [0.1, 0.15) is 35.3 Å². The molecule has 1 amide bonds. The Labute approximate surface area is 118 Å². The highest BCUT2D eigenvalue weighted by Crippen LogP contribution is 2.18. The van der Waals surface area contributed by atoms with E-state index in [1.165, 1.54) is 7.11 Å². The number of hydrogen-bond acceptors (Lipinski definition) is 4. The van der Waals surface area contributed by atoms with Crippen LogP contribution in [0.15, 0.2) is 42.9 Å². The van der Waals surface area contributed by atoms with Gasteiger partial charge in [-0.3, -0.25) is 9.78 Å². The summed E-state index contributed by atoms with van der Waals surface area (Å²) in [5.74, 6) is 0.122. The number of carbonyl (C=O) groups is 1. The average molecular weight is 271 g/mol. The van der Waals surface area contributed by atoms with Gasteiger partial charge in [-0.25, -0.2) is 4.98 Å². The van der Waals surface area contributed by atoms with Crippen molar-refractivity contribution in [1.82, 2.24) is 15.3 Å². The van der Waals surface area contributed by atoms with E-state index in [0.29, 0.717) is 11.4 Å². The molecule has 0 saturated carbocycles. The third-order valence-corrected chi connectivity index (χ3v) is 3.01. The molecule has 0 aliphatic rings. The summed E-state index contributed by atoms with van der Waals surface area (Å²) in [5, 5.41) is 2.98. The van der Waals surface area contributed by atoms with E-state index in [1.807, 2.05) is 19.1 Å². The quantitative estimate of drug-likeness (QED) is 0.906. The van der Waals surface area contributed by atoms with Gasteiger partial charge < -0.3 is 10.1 Å². The third kappa shape index (κ3) is 3.12. The zero-order valence-electron chi connectivity index (χ0n) is 11.5. The second kappa shape index (κ2) is 6.65. The lowest BCUT2D eigenvalue weighted by molar-refractivity contribution is 0.0931. The van der Waals surface area contributed by atoms with Crippen LogP contribution in [0.2, 0.25) is 0 Å². The largest absolute Gasteiger partial charge is 0.480 e. The topological polar surface area (TPSA) is 64.1 Å². The van der Waals surface area contributed by atoms with Crippen LogP contribution in [0.25, 0.3) is 0 Å². The van der Waals surface area contributed by atoms with E-state index in [-0.39, 0.29) is 11.9 Å². The summed E-state index contributed by atoms with van der Waals surface area (Å²) in [6.07, 6.45) is 5.84. The minimum atomic E-state index is -0.203. The molecule has 2 aromatic rings.